The van der Waals surface area contributed by atoms with E-state index in [4.69, 9.17) is 4.74 Å². The molecule has 0 radical (unpaired) electrons. The van der Waals surface area contributed by atoms with Crippen molar-refractivity contribution in [3.8, 4) is 5.75 Å². The summed E-state index contributed by atoms with van der Waals surface area (Å²) in [6, 6.07) is 18.6. The quantitative estimate of drug-likeness (QED) is 0.211. The number of aliphatic imine (C=N–C) groups is 1. The van der Waals surface area contributed by atoms with Crippen LogP contribution in [0, 0.1) is 0 Å². The van der Waals surface area contributed by atoms with Gasteiger partial charge >= 0.3 is 0 Å². The van der Waals surface area contributed by atoms with Gasteiger partial charge in [0.2, 0.25) is 0 Å². The number of hydrogen-bond donors (Lipinski definition) is 2. The molecule has 0 aliphatic heterocycles. The molecule has 0 bridgehead atoms. The Hall–Kier alpha value is -1.45. The molecule has 0 aliphatic carbocycles. The number of nitrogens with one attached hydrogen (secondary N) is 2. The standard InChI is InChI=1S/C22H32N4OS.HI/c1-18(28-21-11-6-5-7-12-21)16-24-22(23-2)25-17-19-9-8-10-20(15-19)27-14-13-26(3)4;/h5-12,15,18H,13-14,16-17H2,1-4H3,(H2,23,24,25);1H. The van der Waals surface area contributed by atoms with Crippen LogP contribution in [0.2, 0.25) is 0 Å². The van der Waals surface area contributed by atoms with Crippen molar-refractivity contribution in [3.63, 3.8) is 0 Å². The lowest BCUT2D eigenvalue weighted by Crippen LogP contribution is -2.39. The zero-order valence-corrected chi connectivity index (χ0v) is 20.9. The van der Waals surface area contributed by atoms with Gasteiger partial charge in [0.1, 0.15) is 12.4 Å². The number of halogens is 1. The van der Waals surface area contributed by atoms with Gasteiger partial charge in [0.25, 0.3) is 0 Å². The summed E-state index contributed by atoms with van der Waals surface area (Å²) in [6.45, 7) is 5.34. The third-order valence-electron chi connectivity index (χ3n) is 4.03. The normalized spacial score (nSPS) is 12.2. The van der Waals surface area contributed by atoms with Gasteiger partial charge in [0, 0.05) is 36.8 Å². The van der Waals surface area contributed by atoms with Crippen LogP contribution < -0.4 is 15.4 Å². The molecule has 2 aromatic rings. The first kappa shape index (κ1) is 25.6. The number of hydrogen-bond acceptors (Lipinski definition) is 4. The van der Waals surface area contributed by atoms with E-state index in [1.807, 2.05) is 44.1 Å². The first-order valence-corrected chi connectivity index (χ1v) is 10.5. The van der Waals surface area contributed by atoms with Gasteiger partial charge in [0.05, 0.1) is 0 Å². The lowest BCUT2D eigenvalue weighted by Gasteiger charge is -2.16. The average Bonchev–Trinajstić information content (AvgIpc) is 2.69. The van der Waals surface area contributed by atoms with E-state index in [2.05, 4.69) is 63.8 Å². The highest BCUT2D eigenvalue weighted by Crippen LogP contribution is 2.21. The smallest absolute Gasteiger partial charge is 0.191 e. The Kier molecular flexibility index (Phi) is 12.8. The maximum atomic E-state index is 5.81. The molecule has 2 rings (SSSR count). The second-order valence-corrected chi connectivity index (χ2v) is 8.36. The van der Waals surface area contributed by atoms with E-state index in [-0.39, 0.29) is 24.0 Å². The van der Waals surface area contributed by atoms with Crippen LogP contribution in [0.25, 0.3) is 0 Å². The predicted molar refractivity (Wildman–Crippen MR) is 136 cm³/mol. The van der Waals surface area contributed by atoms with E-state index in [9.17, 15) is 0 Å². The van der Waals surface area contributed by atoms with Crippen molar-refractivity contribution in [2.45, 2.75) is 23.6 Å². The Morgan fingerprint density at radius 1 is 1.10 bits per heavy atom. The van der Waals surface area contributed by atoms with Gasteiger partial charge in [-0.1, -0.05) is 37.3 Å². The Morgan fingerprint density at radius 2 is 1.86 bits per heavy atom. The highest BCUT2D eigenvalue weighted by molar-refractivity contribution is 14.0. The maximum absolute atomic E-state index is 5.81. The van der Waals surface area contributed by atoms with Crippen LogP contribution in [0.1, 0.15) is 12.5 Å². The van der Waals surface area contributed by atoms with Gasteiger partial charge in [-0.05, 0) is 43.9 Å². The van der Waals surface area contributed by atoms with Crippen LogP contribution >= 0.6 is 35.7 Å². The third kappa shape index (κ3) is 10.8. The van der Waals surface area contributed by atoms with Gasteiger partial charge < -0.3 is 20.3 Å². The fourth-order valence-corrected chi connectivity index (χ4v) is 3.46. The fourth-order valence-electron chi connectivity index (χ4n) is 2.51. The molecule has 0 heterocycles. The van der Waals surface area contributed by atoms with Crippen LogP contribution in [0.4, 0.5) is 0 Å². The summed E-state index contributed by atoms with van der Waals surface area (Å²) in [7, 11) is 5.88. The summed E-state index contributed by atoms with van der Waals surface area (Å²) in [5, 5.41) is 7.21. The maximum Gasteiger partial charge on any atom is 0.191 e. The fraction of sp³-hybridized carbons (Fsp3) is 0.409. The molecule has 2 N–H and O–H groups in total. The molecule has 0 saturated heterocycles. The summed E-state index contributed by atoms with van der Waals surface area (Å²) in [6.07, 6.45) is 0. The highest BCUT2D eigenvalue weighted by Gasteiger charge is 2.06. The Bertz CT molecular complexity index is 728. The van der Waals surface area contributed by atoms with Gasteiger partial charge in [0.15, 0.2) is 5.96 Å². The molecule has 0 aromatic heterocycles. The molecule has 1 unspecified atom stereocenters. The van der Waals surface area contributed by atoms with Crippen LogP contribution in [0.5, 0.6) is 5.75 Å². The van der Waals surface area contributed by atoms with Gasteiger partial charge in [-0.2, -0.15) is 0 Å². The zero-order chi connectivity index (χ0) is 20.2. The van der Waals surface area contributed by atoms with Crippen molar-refractivity contribution in [2.75, 3.05) is 40.8 Å². The number of rotatable bonds is 10. The summed E-state index contributed by atoms with van der Waals surface area (Å²) in [5.74, 6) is 1.71. The van der Waals surface area contributed by atoms with Crippen LogP contribution in [-0.2, 0) is 6.54 Å². The zero-order valence-electron chi connectivity index (χ0n) is 17.7. The van der Waals surface area contributed by atoms with Crippen molar-refractivity contribution in [2.24, 2.45) is 4.99 Å². The van der Waals surface area contributed by atoms with E-state index in [1.54, 1.807) is 7.05 Å². The molecule has 5 nitrogen and oxygen atoms in total. The van der Waals surface area contributed by atoms with Crippen molar-refractivity contribution in [1.29, 1.82) is 0 Å². The number of benzene rings is 2. The monoisotopic (exact) mass is 528 g/mol. The minimum Gasteiger partial charge on any atom is -0.492 e. The van der Waals surface area contributed by atoms with Crippen molar-refractivity contribution in [1.82, 2.24) is 15.5 Å². The number of guanidine groups is 1. The second kappa shape index (κ2) is 14.5. The topological polar surface area (TPSA) is 48.9 Å². The highest BCUT2D eigenvalue weighted by atomic mass is 127. The molecular formula is C22H33IN4OS. The molecule has 0 saturated carbocycles. The third-order valence-corrected chi connectivity index (χ3v) is 5.14. The number of thioether (sulfide) groups is 1. The molecule has 1 atom stereocenters. The van der Waals surface area contributed by atoms with Crippen LogP contribution in [0.3, 0.4) is 0 Å². The first-order chi connectivity index (χ1) is 13.6. The van der Waals surface area contributed by atoms with Crippen LogP contribution in [-0.4, -0.2) is 56.9 Å². The summed E-state index contributed by atoms with van der Waals surface area (Å²) in [5.41, 5.74) is 1.16. The van der Waals surface area contributed by atoms with Crippen molar-refractivity contribution >= 4 is 41.7 Å². The number of likely N-dealkylation sites (N-methyl/N-ethyl adjacent to an activating group) is 1. The lowest BCUT2D eigenvalue weighted by atomic mass is 10.2. The molecule has 0 amide bonds. The van der Waals surface area contributed by atoms with E-state index in [1.165, 1.54) is 4.90 Å². The second-order valence-electron chi connectivity index (χ2n) is 6.85. The Morgan fingerprint density at radius 3 is 2.55 bits per heavy atom. The minimum absolute atomic E-state index is 0. The Balaban J connectivity index is 0.00000420. The van der Waals surface area contributed by atoms with E-state index >= 15 is 0 Å². The van der Waals surface area contributed by atoms with E-state index in [0.717, 1.165) is 30.4 Å². The van der Waals surface area contributed by atoms with Gasteiger partial charge in [-0.25, -0.2) is 0 Å². The molecular weight excluding hydrogens is 495 g/mol. The largest absolute Gasteiger partial charge is 0.492 e. The van der Waals surface area contributed by atoms with Crippen LogP contribution in [0.15, 0.2) is 64.5 Å². The van der Waals surface area contributed by atoms with Crippen molar-refractivity contribution in [3.05, 3.63) is 60.2 Å². The molecule has 29 heavy (non-hydrogen) atoms. The molecule has 0 fully saturated rings. The molecule has 2 aromatic carbocycles. The number of nitrogens with zero attached hydrogens (tertiary/aromatic N) is 2. The minimum atomic E-state index is 0. The molecule has 160 valence electrons. The first-order valence-electron chi connectivity index (χ1n) is 9.59. The SMILES string of the molecule is CN=C(NCc1cccc(OCCN(C)C)c1)NCC(C)Sc1ccccc1.I. The average molecular weight is 529 g/mol. The summed E-state index contributed by atoms with van der Waals surface area (Å²) < 4.78 is 5.81. The Labute approximate surface area is 196 Å². The van der Waals surface area contributed by atoms with Gasteiger partial charge in [-0.3, -0.25) is 4.99 Å². The number of ether oxygens (including phenoxy) is 1. The van der Waals surface area contributed by atoms with Crippen molar-refractivity contribution < 1.29 is 4.74 Å². The molecule has 0 spiro atoms. The van der Waals surface area contributed by atoms with E-state index in [0.29, 0.717) is 18.4 Å². The summed E-state index contributed by atoms with van der Waals surface area (Å²) >= 11 is 1.86. The molecule has 0 aliphatic rings. The van der Waals surface area contributed by atoms with E-state index < -0.39 is 0 Å². The van der Waals surface area contributed by atoms with Gasteiger partial charge in [-0.15, -0.1) is 35.7 Å². The summed E-state index contributed by atoms with van der Waals surface area (Å²) in [4.78, 5) is 7.71. The lowest BCUT2D eigenvalue weighted by molar-refractivity contribution is 0.261. The molecule has 7 heteroatoms. The predicted octanol–water partition coefficient (Wildman–Crippen LogP) is 4.09.